The molecule has 1 unspecified atom stereocenters. The number of ether oxygens (including phenoxy) is 1. The quantitative estimate of drug-likeness (QED) is 0.714. The molecule has 78 valence electrons. The second kappa shape index (κ2) is 4.97. The maximum absolute atomic E-state index is 9.98. The first-order chi connectivity index (χ1) is 6.14. The van der Waals surface area contributed by atoms with E-state index >= 15 is 0 Å². The van der Waals surface area contributed by atoms with Crippen molar-refractivity contribution in [3.8, 4) is 0 Å². The van der Waals surface area contributed by atoms with Gasteiger partial charge in [0.25, 0.3) is 0 Å². The van der Waals surface area contributed by atoms with Crippen molar-refractivity contribution in [2.45, 2.75) is 51.6 Å². The molecule has 0 heterocycles. The second-order valence-corrected chi connectivity index (χ2v) is 4.49. The highest BCUT2D eigenvalue weighted by atomic mass is 16.5. The van der Waals surface area contributed by atoms with Gasteiger partial charge in [0, 0.05) is 6.61 Å². The number of hydrogen-bond donors (Lipinski definition) is 1. The van der Waals surface area contributed by atoms with Gasteiger partial charge in [-0.05, 0) is 26.2 Å². The highest BCUT2D eigenvalue weighted by molar-refractivity contribution is 4.79. The SMILES string of the molecule is CCOCC(C)(O)CC1CCCC1. The second-order valence-electron chi connectivity index (χ2n) is 4.49. The summed E-state index contributed by atoms with van der Waals surface area (Å²) < 4.78 is 5.26. The van der Waals surface area contributed by atoms with Crippen LogP contribution < -0.4 is 0 Å². The van der Waals surface area contributed by atoms with Crippen LogP contribution in [0.3, 0.4) is 0 Å². The normalized spacial score (nSPS) is 23.3. The highest BCUT2D eigenvalue weighted by Crippen LogP contribution is 2.31. The zero-order valence-electron chi connectivity index (χ0n) is 8.88. The van der Waals surface area contributed by atoms with Gasteiger partial charge in [-0.1, -0.05) is 25.7 Å². The van der Waals surface area contributed by atoms with Gasteiger partial charge in [0.2, 0.25) is 0 Å². The lowest BCUT2D eigenvalue weighted by Crippen LogP contribution is -2.32. The zero-order valence-corrected chi connectivity index (χ0v) is 8.88. The van der Waals surface area contributed by atoms with E-state index in [1.807, 2.05) is 13.8 Å². The van der Waals surface area contributed by atoms with E-state index in [-0.39, 0.29) is 0 Å². The van der Waals surface area contributed by atoms with Crippen molar-refractivity contribution in [1.29, 1.82) is 0 Å². The van der Waals surface area contributed by atoms with E-state index in [2.05, 4.69) is 0 Å². The van der Waals surface area contributed by atoms with Crippen LogP contribution in [-0.2, 0) is 4.74 Å². The summed E-state index contributed by atoms with van der Waals surface area (Å²) in [6.45, 7) is 5.04. The number of aliphatic hydroxyl groups is 1. The summed E-state index contributed by atoms with van der Waals surface area (Å²) in [7, 11) is 0. The Labute approximate surface area is 81.3 Å². The average molecular weight is 186 g/mol. The average Bonchev–Trinajstić information content (AvgIpc) is 2.52. The maximum atomic E-state index is 9.98. The molecule has 0 saturated heterocycles. The van der Waals surface area contributed by atoms with Crippen LogP contribution >= 0.6 is 0 Å². The van der Waals surface area contributed by atoms with Crippen molar-refractivity contribution in [2.75, 3.05) is 13.2 Å². The van der Waals surface area contributed by atoms with Crippen LogP contribution in [0, 0.1) is 5.92 Å². The molecule has 1 saturated carbocycles. The van der Waals surface area contributed by atoms with Crippen LogP contribution in [0.5, 0.6) is 0 Å². The first-order valence-corrected chi connectivity index (χ1v) is 5.44. The van der Waals surface area contributed by atoms with E-state index in [1.54, 1.807) is 0 Å². The monoisotopic (exact) mass is 186 g/mol. The van der Waals surface area contributed by atoms with Gasteiger partial charge in [-0.2, -0.15) is 0 Å². The molecule has 13 heavy (non-hydrogen) atoms. The third-order valence-corrected chi connectivity index (χ3v) is 2.82. The maximum Gasteiger partial charge on any atom is 0.0854 e. The van der Waals surface area contributed by atoms with Crippen molar-refractivity contribution < 1.29 is 9.84 Å². The third-order valence-electron chi connectivity index (χ3n) is 2.82. The topological polar surface area (TPSA) is 29.5 Å². The lowest BCUT2D eigenvalue weighted by atomic mass is 9.91. The Balaban J connectivity index is 2.23. The van der Waals surface area contributed by atoms with Crippen LogP contribution in [0.1, 0.15) is 46.0 Å². The summed E-state index contributed by atoms with van der Waals surface area (Å²) in [6.07, 6.45) is 6.18. The van der Waals surface area contributed by atoms with E-state index in [9.17, 15) is 5.11 Å². The van der Waals surface area contributed by atoms with Crippen LogP contribution in [0.25, 0.3) is 0 Å². The Hall–Kier alpha value is -0.0800. The van der Waals surface area contributed by atoms with Gasteiger partial charge in [-0.3, -0.25) is 0 Å². The summed E-state index contributed by atoms with van der Waals surface area (Å²) in [5.41, 5.74) is -0.606. The van der Waals surface area contributed by atoms with E-state index in [4.69, 9.17) is 4.74 Å². The Kier molecular flexibility index (Phi) is 4.20. The molecule has 0 aliphatic heterocycles. The molecule has 0 bridgehead atoms. The summed E-state index contributed by atoms with van der Waals surface area (Å²) in [5, 5.41) is 9.98. The molecule has 1 N–H and O–H groups in total. The van der Waals surface area contributed by atoms with Crippen LogP contribution in [0.15, 0.2) is 0 Å². The molecular formula is C11H22O2. The molecule has 0 radical (unpaired) electrons. The molecule has 0 spiro atoms. The minimum absolute atomic E-state index is 0.486. The van der Waals surface area contributed by atoms with E-state index < -0.39 is 5.60 Å². The van der Waals surface area contributed by atoms with Gasteiger partial charge >= 0.3 is 0 Å². The Morgan fingerprint density at radius 1 is 1.38 bits per heavy atom. The minimum atomic E-state index is -0.606. The van der Waals surface area contributed by atoms with Gasteiger partial charge < -0.3 is 9.84 Å². The molecule has 2 nitrogen and oxygen atoms in total. The van der Waals surface area contributed by atoms with Crippen molar-refractivity contribution in [2.24, 2.45) is 5.92 Å². The minimum Gasteiger partial charge on any atom is -0.388 e. The molecule has 1 atom stereocenters. The summed E-state index contributed by atoms with van der Waals surface area (Å²) in [4.78, 5) is 0. The standard InChI is InChI=1S/C11H22O2/c1-3-13-9-11(2,12)8-10-6-4-5-7-10/h10,12H,3-9H2,1-2H3. The van der Waals surface area contributed by atoms with Gasteiger partial charge in [0.15, 0.2) is 0 Å². The highest BCUT2D eigenvalue weighted by Gasteiger charge is 2.27. The van der Waals surface area contributed by atoms with Crippen LogP contribution in [0.2, 0.25) is 0 Å². The number of rotatable bonds is 5. The Bertz CT molecular complexity index is 137. The zero-order chi connectivity index (χ0) is 9.73. The summed E-state index contributed by atoms with van der Waals surface area (Å²) >= 11 is 0. The fourth-order valence-corrected chi connectivity index (χ4v) is 2.22. The molecule has 0 aromatic carbocycles. The fraction of sp³-hybridized carbons (Fsp3) is 1.00. The van der Waals surface area contributed by atoms with Crippen LogP contribution in [0.4, 0.5) is 0 Å². The smallest absolute Gasteiger partial charge is 0.0854 e. The molecule has 1 fully saturated rings. The van der Waals surface area contributed by atoms with Crippen molar-refractivity contribution in [3.63, 3.8) is 0 Å². The van der Waals surface area contributed by atoms with E-state index in [0.29, 0.717) is 13.2 Å². The van der Waals surface area contributed by atoms with Gasteiger partial charge in [-0.15, -0.1) is 0 Å². The van der Waals surface area contributed by atoms with Crippen LogP contribution in [-0.4, -0.2) is 23.9 Å². The summed E-state index contributed by atoms with van der Waals surface area (Å²) in [6, 6.07) is 0. The lowest BCUT2D eigenvalue weighted by Gasteiger charge is -2.26. The molecule has 0 amide bonds. The Morgan fingerprint density at radius 3 is 2.54 bits per heavy atom. The molecular weight excluding hydrogens is 164 g/mol. The summed E-state index contributed by atoms with van der Waals surface area (Å²) in [5.74, 6) is 0.732. The molecule has 2 heteroatoms. The molecule has 1 aliphatic rings. The lowest BCUT2D eigenvalue weighted by molar-refractivity contribution is -0.0447. The first-order valence-electron chi connectivity index (χ1n) is 5.44. The Morgan fingerprint density at radius 2 is 2.00 bits per heavy atom. The van der Waals surface area contributed by atoms with Crippen molar-refractivity contribution in [3.05, 3.63) is 0 Å². The molecule has 1 aliphatic carbocycles. The third kappa shape index (κ3) is 4.10. The van der Waals surface area contributed by atoms with E-state index in [1.165, 1.54) is 25.7 Å². The number of hydrogen-bond acceptors (Lipinski definition) is 2. The van der Waals surface area contributed by atoms with Crippen molar-refractivity contribution >= 4 is 0 Å². The predicted octanol–water partition coefficient (Wildman–Crippen LogP) is 2.35. The van der Waals surface area contributed by atoms with Crippen molar-refractivity contribution in [1.82, 2.24) is 0 Å². The molecule has 0 aromatic heterocycles. The molecule has 1 rings (SSSR count). The molecule has 0 aromatic rings. The van der Waals surface area contributed by atoms with Gasteiger partial charge in [0.1, 0.15) is 0 Å². The predicted molar refractivity (Wildman–Crippen MR) is 53.7 cm³/mol. The van der Waals surface area contributed by atoms with Gasteiger partial charge in [0.05, 0.1) is 12.2 Å². The van der Waals surface area contributed by atoms with Gasteiger partial charge in [-0.25, -0.2) is 0 Å². The van der Waals surface area contributed by atoms with E-state index in [0.717, 1.165) is 12.3 Å². The largest absolute Gasteiger partial charge is 0.388 e. The fourth-order valence-electron chi connectivity index (χ4n) is 2.22. The first kappa shape index (κ1) is 11.0.